The van der Waals surface area contributed by atoms with E-state index in [9.17, 15) is 0 Å². The molecule has 0 saturated carbocycles. The van der Waals surface area contributed by atoms with E-state index in [0.29, 0.717) is 10.5 Å². The molecule has 0 spiro atoms. The van der Waals surface area contributed by atoms with E-state index in [4.69, 9.17) is 9.47 Å². The number of rotatable bonds is 6. The molecular formula is C20H18O2S2. The van der Waals surface area contributed by atoms with Crippen molar-refractivity contribution in [1.82, 2.24) is 0 Å². The maximum atomic E-state index is 6.27. The van der Waals surface area contributed by atoms with Gasteiger partial charge in [-0.3, -0.25) is 0 Å². The molecule has 2 aliphatic heterocycles. The van der Waals surface area contributed by atoms with E-state index >= 15 is 0 Å². The topological polar surface area (TPSA) is 18.5 Å². The van der Waals surface area contributed by atoms with Gasteiger partial charge in [-0.2, -0.15) is 23.5 Å². The molecule has 2 saturated heterocycles. The largest absolute Gasteiger partial charge is 0.491 e. The van der Waals surface area contributed by atoms with Crippen molar-refractivity contribution in [3.8, 4) is 11.5 Å². The quantitative estimate of drug-likeness (QED) is 0.459. The van der Waals surface area contributed by atoms with E-state index in [1.54, 1.807) is 0 Å². The highest BCUT2D eigenvalue weighted by Crippen LogP contribution is 2.44. The van der Waals surface area contributed by atoms with Gasteiger partial charge in [0.2, 0.25) is 0 Å². The second-order valence-corrected chi connectivity index (χ2v) is 8.95. The zero-order valence-electron chi connectivity index (χ0n) is 13.2. The van der Waals surface area contributed by atoms with Crippen molar-refractivity contribution in [2.75, 3.05) is 24.7 Å². The Morgan fingerprint density at radius 3 is 1.29 bits per heavy atom. The summed E-state index contributed by atoms with van der Waals surface area (Å²) >= 11 is 3.94. The van der Waals surface area contributed by atoms with Gasteiger partial charge in [0.05, 0.1) is 0 Å². The Kier molecular flexibility index (Phi) is 3.75. The van der Waals surface area contributed by atoms with E-state index in [2.05, 4.69) is 48.5 Å². The molecule has 0 amide bonds. The normalized spacial score (nSPS) is 21.8. The van der Waals surface area contributed by atoms with Crippen LogP contribution in [0.25, 0.3) is 21.5 Å². The van der Waals surface area contributed by atoms with Crippen molar-refractivity contribution >= 4 is 45.1 Å². The van der Waals surface area contributed by atoms with Gasteiger partial charge < -0.3 is 9.47 Å². The van der Waals surface area contributed by atoms with Crippen molar-refractivity contribution in [2.45, 2.75) is 10.5 Å². The van der Waals surface area contributed by atoms with Crippen molar-refractivity contribution in [3.05, 3.63) is 48.5 Å². The summed E-state index contributed by atoms with van der Waals surface area (Å²) in [4.78, 5) is 0. The first-order valence-corrected chi connectivity index (χ1v) is 10.4. The first-order chi connectivity index (χ1) is 11.9. The first-order valence-electron chi connectivity index (χ1n) is 8.32. The van der Waals surface area contributed by atoms with Gasteiger partial charge in [-0.15, -0.1) is 0 Å². The third-order valence-corrected chi connectivity index (χ3v) is 6.35. The molecule has 0 aromatic heterocycles. The lowest BCUT2D eigenvalue weighted by atomic mass is 10.0. The van der Waals surface area contributed by atoms with Gasteiger partial charge in [-0.1, -0.05) is 48.5 Å². The van der Waals surface area contributed by atoms with Crippen LogP contribution in [0.4, 0.5) is 0 Å². The molecular weight excluding hydrogens is 336 g/mol. The number of fused-ring (bicyclic) bond motifs is 2. The Hall–Kier alpha value is -1.52. The lowest BCUT2D eigenvalue weighted by molar-refractivity contribution is 0.332. The van der Waals surface area contributed by atoms with Gasteiger partial charge in [0.25, 0.3) is 0 Å². The highest BCUT2D eigenvalue weighted by molar-refractivity contribution is 8.07. The summed E-state index contributed by atoms with van der Waals surface area (Å²) in [6.45, 7) is 1.58. The predicted octanol–water partition coefficient (Wildman–Crippen LogP) is 4.98. The average molecular weight is 354 g/mol. The SMILES string of the molecule is c1ccc2c(OCC3CS3)c3ccccc3c(OCC3CS3)c2c1. The van der Waals surface area contributed by atoms with Crippen LogP contribution in [0, 0.1) is 0 Å². The van der Waals surface area contributed by atoms with Crippen LogP contribution in [0.5, 0.6) is 11.5 Å². The summed E-state index contributed by atoms with van der Waals surface area (Å²) in [6, 6.07) is 16.9. The van der Waals surface area contributed by atoms with Gasteiger partial charge in [-0.25, -0.2) is 0 Å². The Bertz CT molecular complexity index is 770. The zero-order chi connectivity index (χ0) is 15.9. The van der Waals surface area contributed by atoms with Crippen LogP contribution in [0.2, 0.25) is 0 Å². The summed E-state index contributed by atoms with van der Waals surface area (Å²) in [5, 5.41) is 5.93. The van der Waals surface area contributed by atoms with E-state index < -0.39 is 0 Å². The number of ether oxygens (including phenoxy) is 2. The van der Waals surface area contributed by atoms with Crippen LogP contribution >= 0.6 is 23.5 Å². The summed E-state index contributed by atoms with van der Waals surface area (Å²) in [6.07, 6.45) is 0. The minimum Gasteiger partial charge on any atom is -0.491 e. The molecule has 2 aliphatic rings. The molecule has 0 aliphatic carbocycles. The maximum Gasteiger partial charge on any atom is 0.135 e. The highest BCUT2D eigenvalue weighted by Gasteiger charge is 2.26. The van der Waals surface area contributed by atoms with E-state index in [0.717, 1.165) is 46.3 Å². The zero-order valence-corrected chi connectivity index (χ0v) is 14.9. The van der Waals surface area contributed by atoms with Gasteiger partial charge in [-0.05, 0) is 0 Å². The molecule has 0 N–H and O–H groups in total. The fourth-order valence-electron chi connectivity index (χ4n) is 3.04. The molecule has 2 atom stereocenters. The Morgan fingerprint density at radius 1 is 0.667 bits per heavy atom. The molecule has 0 radical (unpaired) electrons. The molecule has 24 heavy (non-hydrogen) atoms. The molecule has 2 heterocycles. The van der Waals surface area contributed by atoms with Crippen LogP contribution < -0.4 is 9.47 Å². The fourth-order valence-corrected chi connectivity index (χ4v) is 3.83. The minimum absolute atomic E-state index is 0.658. The summed E-state index contributed by atoms with van der Waals surface area (Å²) in [5.74, 6) is 4.44. The Balaban J connectivity index is 1.68. The van der Waals surface area contributed by atoms with Crippen molar-refractivity contribution in [3.63, 3.8) is 0 Å². The van der Waals surface area contributed by atoms with Crippen LogP contribution in [0.3, 0.4) is 0 Å². The monoisotopic (exact) mass is 354 g/mol. The molecule has 122 valence electrons. The lowest BCUT2D eigenvalue weighted by Gasteiger charge is -2.17. The van der Waals surface area contributed by atoms with Gasteiger partial charge in [0.1, 0.15) is 24.7 Å². The predicted molar refractivity (Wildman–Crippen MR) is 105 cm³/mol. The highest BCUT2D eigenvalue weighted by atomic mass is 32.2. The summed E-state index contributed by atoms with van der Waals surface area (Å²) in [5.41, 5.74) is 0. The van der Waals surface area contributed by atoms with Crippen molar-refractivity contribution in [2.24, 2.45) is 0 Å². The summed E-state index contributed by atoms with van der Waals surface area (Å²) < 4.78 is 12.5. The van der Waals surface area contributed by atoms with Crippen LogP contribution in [0.1, 0.15) is 0 Å². The third-order valence-electron chi connectivity index (χ3n) is 4.46. The molecule has 2 nitrogen and oxygen atoms in total. The first kappa shape index (κ1) is 14.8. The molecule has 4 heteroatoms. The van der Waals surface area contributed by atoms with E-state index in [1.807, 2.05) is 23.5 Å². The second kappa shape index (κ2) is 6.08. The molecule has 3 aromatic carbocycles. The molecule has 3 aromatic rings. The fraction of sp³-hybridized carbons (Fsp3) is 0.300. The van der Waals surface area contributed by atoms with Crippen LogP contribution in [-0.4, -0.2) is 35.2 Å². The number of hydrogen-bond donors (Lipinski definition) is 0. The average Bonchev–Trinajstić information content (AvgIpc) is 3.53. The third kappa shape index (κ3) is 2.82. The van der Waals surface area contributed by atoms with E-state index in [-0.39, 0.29) is 0 Å². The van der Waals surface area contributed by atoms with Crippen LogP contribution in [-0.2, 0) is 0 Å². The Labute approximate surface area is 149 Å². The second-order valence-electron chi connectivity index (χ2n) is 6.28. The number of thioether (sulfide) groups is 2. The minimum atomic E-state index is 0.658. The lowest BCUT2D eigenvalue weighted by Crippen LogP contribution is -2.06. The summed E-state index contributed by atoms with van der Waals surface area (Å²) in [7, 11) is 0. The van der Waals surface area contributed by atoms with Gasteiger partial charge in [0.15, 0.2) is 0 Å². The van der Waals surface area contributed by atoms with Crippen LogP contribution in [0.15, 0.2) is 48.5 Å². The van der Waals surface area contributed by atoms with E-state index in [1.165, 1.54) is 11.5 Å². The van der Waals surface area contributed by atoms with Gasteiger partial charge in [0, 0.05) is 43.6 Å². The number of benzene rings is 3. The number of hydrogen-bond acceptors (Lipinski definition) is 4. The molecule has 5 rings (SSSR count). The maximum absolute atomic E-state index is 6.27. The smallest absolute Gasteiger partial charge is 0.135 e. The molecule has 2 fully saturated rings. The molecule has 0 bridgehead atoms. The standard InChI is InChI=1S/C20H18O2S2/c1-2-6-16-15(5-1)19(21-9-13-11-23-13)17-7-3-4-8-18(17)20(16)22-10-14-12-24-14/h1-8,13-14H,9-12H2. The molecule has 2 unspecified atom stereocenters. The van der Waals surface area contributed by atoms with Gasteiger partial charge >= 0.3 is 0 Å². The van der Waals surface area contributed by atoms with Crippen molar-refractivity contribution in [1.29, 1.82) is 0 Å². The van der Waals surface area contributed by atoms with Crippen molar-refractivity contribution < 1.29 is 9.47 Å². The Morgan fingerprint density at radius 2 is 1.00 bits per heavy atom.